The van der Waals surface area contributed by atoms with Crippen molar-refractivity contribution in [2.24, 2.45) is 0 Å². The van der Waals surface area contributed by atoms with Crippen molar-refractivity contribution in [1.29, 1.82) is 0 Å². The van der Waals surface area contributed by atoms with E-state index in [1.807, 2.05) is 36.4 Å². The maximum absolute atomic E-state index is 12.9. The molecule has 0 bridgehead atoms. The van der Waals surface area contributed by atoms with Crippen LogP contribution in [0.15, 0.2) is 66.0 Å². The quantitative estimate of drug-likeness (QED) is 0.529. The summed E-state index contributed by atoms with van der Waals surface area (Å²) in [6, 6.07) is 19.5. The first kappa shape index (κ1) is 22.3. The Hall–Kier alpha value is -2.87. The zero-order valence-corrected chi connectivity index (χ0v) is 19.0. The molecule has 0 spiro atoms. The summed E-state index contributed by atoms with van der Waals surface area (Å²) in [5, 5.41) is 5.18. The van der Waals surface area contributed by atoms with Crippen LogP contribution in [-0.2, 0) is 11.3 Å². The van der Waals surface area contributed by atoms with Crippen LogP contribution >= 0.6 is 11.3 Å². The van der Waals surface area contributed by atoms with E-state index in [9.17, 15) is 4.79 Å². The number of nitrogens with one attached hydrogen (secondary N) is 1. The lowest BCUT2D eigenvalue weighted by Gasteiger charge is -2.34. The Morgan fingerprint density at radius 1 is 1.09 bits per heavy atom. The molecule has 4 rings (SSSR count). The molecule has 168 valence electrons. The average molecular weight is 453 g/mol. The predicted molar refractivity (Wildman–Crippen MR) is 126 cm³/mol. The molecule has 1 aromatic heterocycles. The second-order valence-corrected chi connectivity index (χ2v) is 8.51. The molecule has 1 aliphatic rings. The van der Waals surface area contributed by atoms with E-state index in [1.165, 1.54) is 4.88 Å². The van der Waals surface area contributed by atoms with Crippen LogP contribution < -0.4 is 14.8 Å². The fraction of sp³-hybridized carbons (Fsp3) is 0.320. The molecule has 7 heteroatoms. The monoisotopic (exact) mass is 452 g/mol. The molecule has 1 fully saturated rings. The number of nitrogens with zero attached hydrogens (tertiary/aromatic N) is 1. The fourth-order valence-corrected chi connectivity index (χ4v) is 4.60. The molecular formula is C25H28N2O4S. The summed E-state index contributed by atoms with van der Waals surface area (Å²) >= 11 is 1.71. The predicted octanol–water partition coefficient (Wildman–Crippen LogP) is 4.14. The Morgan fingerprint density at radius 2 is 1.91 bits per heavy atom. The van der Waals surface area contributed by atoms with E-state index in [0.29, 0.717) is 30.2 Å². The van der Waals surface area contributed by atoms with E-state index in [-0.39, 0.29) is 11.9 Å². The topological polar surface area (TPSA) is 60.0 Å². The summed E-state index contributed by atoms with van der Waals surface area (Å²) in [4.78, 5) is 16.5. The van der Waals surface area contributed by atoms with E-state index in [4.69, 9.17) is 14.2 Å². The molecule has 32 heavy (non-hydrogen) atoms. The Balaban J connectivity index is 1.40. The Morgan fingerprint density at radius 3 is 2.62 bits per heavy atom. The lowest BCUT2D eigenvalue weighted by atomic mass is 10.1. The first-order chi connectivity index (χ1) is 15.7. The number of morpholine rings is 1. The molecule has 2 heterocycles. The first-order valence-electron chi connectivity index (χ1n) is 10.7. The lowest BCUT2D eigenvalue weighted by Crippen LogP contribution is -2.43. The van der Waals surface area contributed by atoms with Crippen LogP contribution in [0.4, 0.5) is 0 Å². The second-order valence-electron chi connectivity index (χ2n) is 7.53. The minimum atomic E-state index is -0.132. The van der Waals surface area contributed by atoms with Gasteiger partial charge in [-0.1, -0.05) is 36.4 Å². The largest absolute Gasteiger partial charge is 0.493 e. The molecular weight excluding hydrogens is 424 g/mol. The van der Waals surface area contributed by atoms with Crippen LogP contribution in [0.2, 0.25) is 0 Å². The molecule has 0 radical (unpaired) electrons. The second kappa shape index (κ2) is 11.1. The number of ether oxygens (including phenoxy) is 3. The van der Waals surface area contributed by atoms with E-state index >= 15 is 0 Å². The first-order valence-corrected chi connectivity index (χ1v) is 11.6. The summed E-state index contributed by atoms with van der Waals surface area (Å²) in [7, 11) is 1.58. The molecule has 1 aliphatic heterocycles. The molecule has 1 amide bonds. The third-order valence-corrected chi connectivity index (χ3v) is 6.45. The highest BCUT2D eigenvalue weighted by Gasteiger charge is 2.24. The van der Waals surface area contributed by atoms with Crippen molar-refractivity contribution in [3.63, 3.8) is 0 Å². The van der Waals surface area contributed by atoms with Crippen LogP contribution in [-0.4, -0.2) is 50.8 Å². The normalized spacial score (nSPS) is 15.2. The van der Waals surface area contributed by atoms with Crippen LogP contribution in [0.25, 0.3) is 0 Å². The van der Waals surface area contributed by atoms with Crippen LogP contribution in [0.5, 0.6) is 11.5 Å². The fourth-order valence-electron chi connectivity index (χ4n) is 3.73. The van der Waals surface area contributed by atoms with Gasteiger partial charge in [0.15, 0.2) is 11.5 Å². The highest BCUT2D eigenvalue weighted by atomic mass is 32.1. The summed E-state index contributed by atoms with van der Waals surface area (Å²) in [5.74, 6) is 1.02. The average Bonchev–Trinajstić information content (AvgIpc) is 3.38. The molecule has 0 aliphatic carbocycles. The van der Waals surface area contributed by atoms with Crippen molar-refractivity contribution in [3.05, 3.63) is 82.0 Å². The number of benzene rings is 2. The van der Waals surface area contributed by atoms with Gasteiger partial charge in [0.1, 0.15) is 6.61 Å². The maximum atomic E-state index is 12.9. The third-order valence-electron chi connectivity index (χ3n) is 5.48. The van der Waals surface area contributed by atoms with Gasteiger partial charge in [-0.05, 0) is 35.2 Å². The zero-order chi connectivity index (χ0) is 22.2. The molecule has 1 atom stereocenters. The van der Waals surface area contributed by atoms with Crippen molar-refractivity contribution in [2.45, 2.75) is 12.6 Å². The number of rotatable bonds is 9. The van der Waals surface area contributed by atoms with Gasteiger partial charge >= 0.3 is 0 Å². The number of hydrogen-bond acceptors (Lipinski definition) is 6. The molecule has 2 aromatic carbocycles. The number of hydrogen-bond donors (Lipinski definition) is 1. The third kappa shape index (κ3) is 5.68. The minimum absolute atomic E-state index is 0.132. The van der Waals surface area contributed by atoms with Gasteiger partial charge in [0.25, 0.3) is 5.91 Å². The summed E-state index contributed by atoms with van der Waals surface area (Å²) in [6.45, 7) is 4.13. The smallest absolute Gasteiger partial charge is 0.251 e. The number of amides is 1. The van der Waals surface area contributed by atoms with Crippen molar-refractivity contribution >= 4 is 17.2 Å². The number of thiophene rings is 1. The molecule has 3 aromatic rings. The zero-order valence-electron chi connectivity index (χ0n) is 18.2. The molecule has 6 nitrogen and oxygen atoms in total. The number of carbonyl (C=O) groups excluding carboxylic acids is 1. The van der Waals surface area contributed by atoms with Gasteiger partial charge in [-0.3, -0.25) is 9.69 Å². The Bertz CT molecular complexity index is 988. The van der Waals surface area contributed by atoms with Crippen molar-refractivity contribution in [2.75, 3.05) is 40.0 Å². The summed E-state index contributed by atoms with van der Waals surface area (Å²) < 4.78 is 16.9. The molecule has 1 N–H and O–H groups in total. The van der Waals surface area contributed by atoms with Gasteiger partial charge in [-0.2, -0.15) is 0 Å². The van der Waals surface area contributed by atoms with Gasteiger partial charge in [-0.25, -0.2) is 0 Å². The van der Waals surface area contributed by atoms with Gasteiger partial charge < -0.3 is 19.5 Å². The number of carbonyl (C=O) groups is 1. The SMILES string of the molecule is COc1cc(C(=O)NC[C@@H](c2cccs2)N2CCOCC2)ccc1OCc1ccccc1. The van der Waals surface area contributed by atoms with Crippen LogP contribution in [0.3, 0.4) is 0 Å². The highest BCUT2D eigenvalue weighted by Crippen LogP contribution is 2.29. The van der Waals surface area contributed by atoms with Gasteiger partial charge in [0, 0.05) is 30.1 Å². The van der Waals surface area contributed by atoms with E-state index in [1.54, 1.807) is 36.6 Å². The molecule has 0 unspecified atom stereocenters. The van der Waals surface area contributed by atoms with Crippen LogP contribution in [0.1, 0.15) is 26.8 Å². The number of methoxy groups -OCH3 is 1. The van der Waals surface area contributed by atoms with E-state index in [2.05, 4.69) is 21.7 Å². The Kier molecular flexibility index (Phi) is 7.77. The Labute approximate surface area is 192 Å². The molecule has 1 saturated heterocycles. The van der Waals surface area contributed by atoms with E-state index in [0.717, 1.165) is 31.9 Å². The van der Waals surface area contributed by atoms with Crippen molar-refractivity contribution < 1.29 is 19.0 Å². The van der Waals surface area contributed by atoms with Crippen molar-refractivity contribution in [3.8, 4) is 11.5 Å². The maximum Gasteiger partial charge on any atom is 0.251 e. The van der Waals surface area contributed by atoms with Gasteiger partial charge in [0.2, 0.25) is 0 Å². The standard InChI is InChI=1S/C25H28N2O4S/c1-29-23-16-20(9-10-22(23)31-18-19-6-3-2-4-7-19)25(28)26-17-21(24-8-5-15-32-24)27-11-13-30-14-12-27/h2-10,15-16,21H,11-14,17-18H2,1H3,(H,26,28)/t21-/m0/s1. The molecule has 0 saturated carbocycles. The van der Waals surface area contributed by atoms with Crippen molar-refractivity contribution in [1.82, 2.24) is 10.2 Å². The van der Waals surface area contributed by atoms with Gasteiger partial charge in [-0.15, -0.1) is 11.3 Å². The van der Waals surface area contributed by atoms with Crippen LogP contribution in [0, 0.1) is 0 Å². The summed E-state index contributed by atoms with van der Waals surface area (Å²) in [5.41, 5.74) is 1.61. The summed E-state index contributed by atoms with van der Waals surface area (Å²) in [6.07, 6.45) is 0. The minimum Gasteiger partial charge on any atom is -0.493 e. The lowest BCUT2D eigenvalue weighted by molar-refractivity contribution is 0.0169. The van der Waals surface area contributed by atoms with E-state index < -0.39 is 0 Å². The highest BCUT2D eigenvalue weighted by molar-refractivity contribution is 7.10. The van der Waals surface area contributed by atoms with Gasteiger partial charge in [0.05, 0.1) is 26.4 Å².